The number of nitrogens with one attached hydrogen (secondary N) is 1. The zero-order valence-electron chi connectivity index (χ0n) is 18.4. The predicted molar refractivity (Wildman–Crippen MR) is 140 cm³/mol. The molecule has 0 bridgehead atoms. The molecule has 0 saturated heterocycles. The molecular formula is C26H21Cl2N3O3S. The van der Waals surface area contributed by atoms with Gasteiger partial charge in [-0.2, -0.15) is 9.41 Å². The summed E-state index contributed by atoms with van der Waals surface area (Å²) in [6.07, 6.45) is 1.54. The number of amides is 1. The zero-order valence-corrected chi connectivity index (χ0v) is 20.8. The largest absolute Gasteiger partial charge is 0.272 e. The Labute approximate surface area is 213 Å². The summed E-state index contributed by atoms with van der Waals surface area (Å²) < 4.78 is 27.8. The van der Waals surface area contributed by atoms with Crippen molar-refractivity contribution in [1.29, 1.82) is 0 Å². The molecule has 0 aromatic heterocycles. The fourth-order valence-corrected chi connectivity index (χ4v) is 5.28. The number of carbonyl (C=O) groups excluding carboxylic acids is 1. The standard InChI is InChI=1S/C26H21Cl2N3O3S/c27-22-11-13-24(14-12-22)35(33,34)31(17-19-5-3-9-23(28)15-19)18-26(32)30-29-16-21-8-4-7-20-6-1-2-10-25(20)21/h1-16H,17-18H2,(H,30,32)/b29-16-. The number of carbonyl (C=O) groups is 1. The van der Waals surface area contributed by atoms with Crippen molar-refractivity contribution >= 4 is 56.1 Å². The number of nitrogens with zero attached hydrogens (tertiary/aromatic N) is 2. The van der Waals surface area contributed by atoms with Crippen LogP contribution in [0.15, 0.2) is 101 Å². The second kappa shape index (κ2) is 11.0. The molecule has 35 heavy (non-hydrogen) atoms. The van der Waals surface area contributed by atoms with E-state index in [1.807, 2.05) is 42.5 Å². The van der Waals surface area contributed by atoms with Crippen LogP contribution in [0.25, 0.3) is 10.8 Å². The van der Waals surface area contributed by atoms with E-state index >= 15 is 0 Å². The second-order valence-corrected chi connectivity index (χ2v) is 10.5. The molecule has 6 nitrogen and oxygen atoms in total. The summed E-state index contributed by atoms with van der Waals surface area (Å²) >= 11 is 12.0. The number of benzene rings is 4. The molecule has 0 heterocycles. The first-order chi connectivity index (χ1) is 16.8. The van der Waals surface area contributed by atoms with Crippen molar-refractivity contribution in [3.63, 3.8) is 0 Å². The monoisotopic (exact) mass is 525 g/mol. The fraction of sp³-hybridized carbons (Fsp3) is 0.0769. The van der Waals surface area contributed by atoms with Gasteiger partial charge < -0.3 is 0 Å². The van der Waals surface area contributed by atoms with E-state index in [1.165, 1.54) is 30.5 Å². The minimum absolute atomic E-state index is 0.0241. The number of sulfonamides is 1. The van der Waals surface area contributed by atoms with Crippen LogP contribution < -0.4 is 5.43 Å². The summed E-state index contributed by atoms with van der Waals surface area (Å²) in [5.41, 5.74) is 3.90. The molecule has 9 heteroatoms. The van der Waals surface area contributed by atoms with Crippen molar-refractivity contribution in [3.8, 4) is 0 Å². The Morgan fingerprint density at radius 1 is 0.886 bits per heavy atom. The maximum Gasteiger partial charge on any atom is 0.255 e. The molecule has 1 amide bonds. The van der Waals surface area contributed by atoms with Crippen LogP contribution in [0.2, 0.25) is 10.0 Å². The Morgan fingerprint density at radius 3 is 2.37 bits per heavy atom. The molecule has 4 rings (SSSR count). The van der Waals surface area contributed by atoms with Gasteiger partial charge in [-0.05, 0) is 52.7 Å². The molecule has 4 aromatic rings. The quantitative estimate of drug-likeness (QED) is 0.244. The lowest BCUT2D eigenvalue weighted by atomic mass is 10.1. The van der Waals surface area contributed by atoms with Gasteiger partial charge in [-0.15, -0.1) is 0 Å². The molecule has 0 unspecified atom stereocenters. The van der Waals surface area contributed by atoms with Gasteiger partial charge in [0.2, 0.25) is 10.0 Å². The third-order valence-electron chi connectivity index (χ3n) is 5.24. The molecule has 0 spiro atoms. The molecule has 0 atom stereocenters. The highest BCUT2D eigenvalue weighted by Crippen LogP contribution is 2.22. The number of hydrogen-bond acceptors (Lipinski definition) is 4. The average Bonchev–Trinajstić information content (AvgIpc) is 2.84. The van der Waals surface area contributed by atoms with E-state index in [9.17, 15) is 13.2 Å². The Bertz CT molecular complexity index is 1480. The Balaban J connectivity index is 1.54. The van der Waals surface area contributed by atoms with Crippen molar-refractivity contribution in [1.82, 2.24) is 9.73 Å². The number of rotatable bonds is 8. The van der Waals surface area contributed by atoms with E-state index in [-0.39, 0.29) is 11.4 Å². The Kier molecular flexibility index (Phi) is 7.83. The third kappa shape index (κ3) is 6.26. The van der Waals surface area contributed by atoms with E-state index in [4.69, 9.17) is 23.2 Å². The van der Waals surface area contributed by atoms with Crippen LogP contribution in [0.3, 0.4) is 0 Å². The molecule has 0 fully saturated rings. The lowest BCUT2D eigenvalue weighted by molar-refractivity contribution is -0.121. The van der Waals surface area contributed by atoms with Gasteiger partial charge in [-0.1, -0.05) is 77.8 Å². The third-order valence-corrected chi connectivity index (χ3v) is 7.53. The Morgan fingerprint density at radius 2 is 1.60 bits per heavy atom. The summed E-state index contributed by atoms with van der Waals surface area (Å²) in [6, 6.07) is 26.2. The molecular weight excluding hydrogens is 505 g/mol. The summed E-state index contributed by atoms with van der Waals surface area (Å²) in [5, 5.41) is 6.96. The first-order valence-corrected chi connectivity index (χ1v) is 12.8. The van der Waals surface area contributed by atoms with Gasteiger partial charge in [0.1, 0.15) is 0 Å². The fourth-order valence-electron chi connectivity index (χ4n) is 3.55. The molecule has 0 aliphatic rings. The Hall–Kier alpha value is -3.23. The maximum absolute atomic E-state index is 13.3. The van der Waals surface area contributed by atoms with Gasteiger partial charge in [0.25, 0.3) is 5.91 Å². The summed E-state index contributed by atoms with van der Waals surface area (Å²) in [4.78, 5) is 12.7. The topological polar surface area (TPSA) is 78.8 Å². The van der Waals surface area contributed by atoms with Gasteiger partial charge in [0, 0.05) is 22.2 Å². The van der Waals surface area contributed by atoms with Gasteiger partial charge in [0.05, 0.1) is 17.7 Å². The van der Waals surface area contributed by atoms with Crippen LogP contribution in [-0.2, 0) is 21.4 Å². The van der Waals surface area contributed by atoms with Crippen LogP contribution in [0, 0.1) is 0 Å². The minimum Gasteiger partial charge on any atom is -0.272 e. The predicted octanol–water partition coefficient (Wildman–Crippen LogP) is 5.49. The minimum atomic E-state index is -4.01. The van der Waals surface area contributed by atoms with Gasteiger partial charge in [-0.3, -0.25) is 4.79 Å². The van der Waals surface area contributed by atoms with Crippen LogP contribution in [0.5, 0.6) is 0 Å². The van der Waals surface area contributed by atoms with Gasteiger partial charge in [-0.25, -0.2) is 13.8 Å². The molecule has 0 radical (unpaired) electrons. The normalized spacial score (nSPS) is 11.9. The highest BCUT2D eigenvalue weighted by Gasteiger charge is 2.27. The molecule has 1 N–H and O–H groups in total. The first kappa shape index (κ1) is 24.9. The summed E-state index contributed by atoms with van der Waals surface area (Å²) in [5.74, 6) is -0.582. The van der Waals surface area contributed by atoms with E-state index < -0.39 is 22.5 Å². The summed E-state index contributed by atoms with van der Waals surface area (Å²) in [6.45, 7) is -0.490. The van der Waals surface area contributed by atoms with Crippen LogP contribution >= 0.6 is 23.2 Å². The van der Waals surface area contributed by atoms with E-state index in [1.54, 1.807) is 24.3 Å². The number of hydrogen-bond donors (Lipinski definition) is 1. The number of hydrazone groups is 1. The smallest absolute Gasteiger partial charge is 0.255 e. The summed E-state index contributed by atoms with van der Waals surface area (Å²) in [7, 11) is -4.01. The van der Waals surface area contributed by atoms with E-state index in [0.29, 0.717) is 15.6 Å². The molecule has 0 saturated carbocycles. The SMILES string of the molecule is O=C(CN(Cc1cccc(Cl)c1)S(=O)(=O)c1ccc(Cl)cc1)N/N=C\c1cccc2ccccc12. The van der Waals surface area contributed by atoms with E-state index in [2.05, 4.69) is 10.5 Å². The zero-order chi connectivity index (χ0) is 24.8. The van der Waals surface area contributed by atoms with Crippen molar-refractivity contribution in [3.05, 3.63) is 112 Å². The van der Waals surface area contributed by atoms with Gasteiger partial charge in [0.15, 0.2) is 0 Å². The lowest BCUT2D eigenvalue weighted by Crippen LogP contribution is -2.39. The maximum atomic E-state index is 13.3. The highest BCUT2D eigenvalue weighted by molar-refractivity contribution is 7.89. The second-order valence-electron chi connectivity index (χ2n) is 7.72. The van der Waals surface area contributed by atoms with Crippen LogP contribution in [0.4, 0.5) is 0 Å². The molecule has 0 aliphatic heterocycles. The highest BCUT2D eigenvalue weighted by atomic mass is 35.5. The van der Waals surface area contributed by atoms with Crippen molar-refractivity contribution in [2.24, 2.45) is 5.10 Å². The molecule has 0 aliphatic carbocycles. The number of halogens is 2. The lowest BCUT2D eigenvalue weighted by Gasteiger charge is -2.21. The van der Waals surface area contributed by atoms with Crippen LogP contribution in [-0.4, -0.2) is 31.4 Å². The molecule has 178 valence electrons. The van der Waals surface area contributed by atoms with Crippen molar-refractivity contribution < 1.29 is 13.2 Å². The average molecular weight is 526 g/mol. The van der Waals surface area contributed by atoms with Crippen molar-refractivity contribution in [2.75, 3.05) is 6.54 Å². The van der Waals surface area contributed by atoms with Crippen LogP contribution in [0.1, 0.15) is 11.1 Å². The van der Waals surface area contributed by atoms with Gasteiger partial charge >= 0.3 is 0 Å². The first-order valence-electron chi connectivity index (χ1n) is 10.6. The number of fused-ring (bicyclic) bond motifs is 1. The van der Waals surface area contributed by atoms with Crippen molar-refractivity contribution in [2.45, 2.75) is 11.4 Å². The molecule has 4 aromatic carbocycles. The van der Waals surface area contributed by atoms with E-state index in [0.717, 1.165) is 20.6 Å².